The van der Waals surface area contributed by atoms with Crippen molar-refractivity contribution in [2.75, 3.05) is 26.3 Å². The van der Waals surface area contributed by atoms with Gasteiger partial charge in [-0.25, -0.2) is 4.79 Å². The number of hydrogen-bond donors (Lipinski definition) is 2. The Morgan fingerprint density at radius 1 is 1.19 bits per heavy atom. The minimum Gasteiger partial charge on any atom is -0.475 e. The zero-order valence-electron chi connectivity index (χ0n) is 17.1. The first-order chi connectivity index (χ1) is 15.2. The second-order valence-corrected chi connectivity index (χ2v) is 7.68. The Hall–Kier alpha value is -2.92. The van der Waals surface area contributed by atoms with E-state index in [0.29, 0.717) is 25.0 Å². The number of rotatable bonds is 5. The normalized spacial score (nSPS) is 23.0. The van der Waals surface area contributed by atoms with Crippen molar-refractivity contribution in [1.29, 1.82) is 0 Å². The number of nitrogens with zero attached hydrogens (tertiary/aromatic N) is 2. The number of aliphatic carboxylic acids is 1. The lowest BCUT2D eigenvalue weighted by Gasteiger charge is -2.31. The first kappa shape index (κ1) is 23.7. The lowest BCUT2D eigenvalue weighted by molar-refractivity contribution is -0.192. The molecule has 0 aromatic carbocycles. The molecule has 11 heteroatoms. The van der Waals surface area contributed by atoms with Crippen LogP contribution >= 0.6 is 0 Å². The fourth-order valence-electron chi connectivity index (χ4n) is 3.93. The molecule has 2 aromatic heterocycles. The number of nitrogens with one attached hydrogen (secondary N) is 1. The molecule has 3 atom stereocenters. The van der Waals surface area contributed by atoms with E-state index in [1.807, 2.05) is 36.5 Å². The molecule has 0 radical (unpaired) electrons. The van der Waals surface area contributed by atoms with E-state index in [1.54, 1.807) is 6.26 Å². The molecule has 2 aliphatic heterocycles. The number of carbonyl (C=O) groups is 2. The van der Waals surface area contributed by atoms with Crippen LogP contribution in [0.25, 0.3) is 0 Å². The lowest BCUT2D eigenvalue weighted by atomic mass is 9.82. The molecule has 2 N–H and O–H groups in total. The lowest BCUT2D eigenvalue weighted by Crippen LogP contribution is -2.44. The molecule has 174 valence electrons. The SMILES string of the molecule is O=C(NCc1ccco1)[C@@H]1COC[C@H]2CN(Cc3ccccn3)C[C@H]21.O=C(O)C(F)(F)F. The molecule has 2 fully saturated rings. The second-order valence-electron chi connectivity index (χ2n) is 7.68. The smallest absolute Gasteiger partial charge is 0.475 e. The van der Waals surface area contributed by atoms with Crippen molar-refractivity contribution in [2.24, 2.45) is 17.8 Å². The van der Waals surface area contributed by atoms with Gasteiger partial charge in [0.15, 0.2) is 0 Å². The molecule has 2 aliphatic rings. The van der Waals surface area contributed by atoms with Crippen LogP contribution in [0.3, 0.4) is 0 Å². The summed E-state index contributed by atoms with van der Waals surface area (Å²) in [6.45, 7) is 4.38. The predicted octanol–water partition coefficient (Wildman–Crippen LogP) is 2.32. The summed E-state index contributed by atoms with van der Waals surface area (Å²) < 4.78 is 42.7. The molecular weight excluding hydrogens is 431 g/mol. The zero-order valence-corrected chi connectivity index (χ0v) is 17.1. The highest BCUT2D eigenvalue weighted by Gasteiger charge is 2.43. The number of ether oxygens (including phenoxy) is 1. The average molecular weight is 455 g/mol. The Bertz CT molecular complexity index is 877. The Balaban J connectivity index is 0.000000360. The number of aromatic nitrogens is 1. The van der Waals surface area contributed by atoms with Gasteiger partial charge in [0, 0.05) is 25.8 Å². The minimum atomic E-state index is -5.08. The predicted molar refractivity (Wildman–Crippen MR) is 105 cm³/mol. The number of fused-ring (bicyclic) bond motifs is 1. The number of furan rings is 1. The third kappa shape index (κ3) is 6.54. The fourth-order valence-corrected chi connectivity index (χ4v) is 3.93. The van der Waals surface area contributed by atoms with Crippen molar-refractivity contribution in [1.82, 2.24) is 15.2 Å². The summed E-state index contributed by atoms with van der Waals surface area (Å²) in [7, 11) is 0. The maximum absolute atomic E-state index is 12.6. The van der Waals surface area contributed by atoms with Gasteiger partial charge in [0.05, 0.1) is 37.6 Å². The molecule has 1 amide bonds. The number of alkyl halides is 3. The van der Waals surface area contributed by atoms with Crippen molar-refractivity contribution in [2.45, 2.75) is 19.3 Å². The van der Waals surface area contributed by atoms with E-state index in [-0.39, 0.29) is 11.8 Å². The van der Waals surface area contributed by atoms with Crippen molar-refractivity contribution in [3.05, 3.63) is 54.2 Å². The van der Waals surface area contributed by atoms with E-state index in [2.05, 4.69) is 15.2 Å². The maximum Gasteiger partial charge on any atom is 0.490 e. The standard InChI is InChI=1S/C19H23N3O3.C2HF3O2/c23-19(21-8-16-5-3-7-25-16)18-13-24-12-14-9-22(11-17(14)18)10-15-4-1-2-6-20-15;3-2(4,5)1(6)7/h1-7,14,17-18H,8-13H2,(H,21,23);(H,6,7)/t14-,17-,18-;/m1./s1. The van der Waals surface area contributed by atoms with Gasteiger partial charge in [-0.05, 0) is 36.1 Å². The Kier molecular flexibility index (Phi) is 7.86. The molecule has 2 aromatic rings. The molecule has 8 nitrogen and oxygen atoms in total. The van der Waals surface area contributed by atoms with Gasteiger partial charge in [0.25, 0.3) is 0 Å². The van der Waals surface area contributed by atoms with Crippen LogP contribution in [0.15, 0.2) is 47.2 Å². The van der Waals surface area contributed by atoms with Crippen LogP contribution in [0.4, 0.5) is 13.2 Å². The second kappa shape index (κ2) is 10.6. The monoisotopic (exact) mass is 455 g/mol. The molecule has 0 aliphatic carbocycles. The number of carbonyl (C=O) groups excluding carboxylic acids is 1. The third-order valence-corrected chi connectivity index (χ3v) is 5.42. The van der Waals surface area contributed by atoms with Crippen LogP contribution in [0.5, 0.6) is 0 Å². The van der Waals surface area contributed by atoms with Crippen molar-refractivity contribution in [3.8, 4) is 0 Å². The largest absolute Gasteiger partial charge is 0.490 e. The highest BCUT2D eigenvalue weighted by Crippen LogP contribution is 2.34. The first-order valence-corrected chi connectivity index (χ1v) is 10.0. The Morgan fingerprint density at radius 3 is 2.59 bits per heavy atom. The number of carboxylic acids is 1. The highest BCUT2D eigenvalue weighted by atomic mass is 19.4. The summed E-state index contributed by atoms with van der Waals surface area (Å²) in [5.74, 6) is -1.27. The maximum atomic E-state index is 12.6. The zero-order chi connectivity index (χ0) is 23.1. The highest BCUT2D eigenvalue weighted by molar-refractivity contribution is 5.79. The van der Waals surface area contributed by atoms with Gasteiger partial charge in [0.2, 0.25) is 5.91 Å². The van der Waals surface area contributed by atoms with Crippen LogP contribution in [0.1, 0.15) is 11.5 Å². The van der Waals surface area contributed by atoms with Gasteiger partial charge in [-0.1, -0.05) is 6.07 Å². The van der Waals surface area contributed by atoms with Gasteiger partial charge in [-0.15, -0.1) is 0 Å². The summed E-state index contributed by atoms with van der Waals surface area (Å²) >= 11 is 0. The quantitative estimate of drug-likeness (QED) is 0.713. The van der Waals surface area contributed by atoms with Crippen LogP contribution in [-0.4, -0.2) is 59.3 Å². The van der Waals surface area contributed by atoms with Crippen LogP contribution in [0.2, 0.25) is 0 Å². The molecule has 0 spiro atoms. The van der Waals surface area contributed by atoms with Gasteiger partial charge in [-0.2, -0.15) is 13.2 Å². The van der Waals surface area contributed by atoms with Crippen molar-refractivity contribution < 1.29 is 37.0 Å². The summed E-state index contributed by atoms with van der Waals surface area (Å²) in [5, 5.41) is 10.1. The number of pyridine rings is 1. The van der Waals surface area contributed by atoms with E-state index < -0.39 is 12.1 Å². The molecule has 0 unspecified atom stereocenters. The first-order valence-electron chi connectivity index (χ1n) is 10.0. The average Bonchev–Trinajstić information content (AvgIpc) is 3.41. The Morgan fingerprint density at radius 2 is 1.97 bits per heavy atom. The fraction of sp³-hybridized carbons (Fsp3) is 0.476. The minimum absolute atomic E-state index is 0.0609. The topological polar surface area (TPSA) is 105 Å². The number of amides is 1. The van der Waals surface area contributed by atoms with E-state index in [4.69, 9.17) is 19.1 Å². The molecular formula is C21H24F3N3O5. The summed E-state index contributed by atoms with van der Waals surface area (Å²) in [4.78, 5) is 28.3. The molecule has 2 saturated heterocycles. The van der Waals surface area contributed by atoms with Crippen LogP contribution in [0, 0.1) is 17.8 Å². The number of likely N-dealkylation sites (tertiary alicyclic amines) is 1. The van der Waals surface area contributed by atoms with Gasteiger partial charge in [0.1, 0.15) is 5.76 Å². The van der Waals surface area contributed by atoms with Gasteiger partial charge in [-0.3, -0.25) is 14.7 Å². The van der Waals surface area contributed by atoms with Crippen LogP contribution in [-0.2, 0) is 27.4 Å². The molecule has 4 rings (SSSR count). The molecule has 32 heavy (non-hydrogen) atoms. The summed E-state index contributed by atoms with van der Waals surface area (Å²) in [6.07, 6.45) is -1.64. The van der Waals surface area contributed by atoms with E-state index >= 15 is 0 Å². The number of hydrogen-bond acceptors (Lipinski definition) is 6. The Labute approximate surface area is 182 Å². The third-order valence-electron chi connectivity index (χ3n) is 5.42. The number of carboxylic acid groups (broad SMARTS) is 1. The summed E-state index contributed by atoms with van der Waals surface area (Å²) in [5.41, 5.74) is 1.07. The molecule has 0 bridgehead atoms. The summed E-state index contributed by atoms with van der Waals surface area (Å²) in [6, 6.07) is 9.68. The van der Waals surface area contributed by atoms with E-state index in [1.165, 1.54) is 0 Å². The van der Waals surface area contributed by atoms with E-state index in [9.17, 15) is 18.0 Å². The molecule has 0 saturated carbocycles. The van der Waals surface area contributed by atoms with Crippen LogP contribution < -0.4 is 5.32 Å². The number of halogens is 3. The van der Waals surface area contributed by atoms with Crippen molar-refractivity contribution >= 4 is 11.9 Å². The van der Waals surface area contributed by atoms with Crippen molar-refractivity contribution in [3.63, 3.8) is 0 Å². The van der Waals surface area contributed by atoms with Gasteiger partial charge >= 0.3 is 12.1 Å². The molecule has 4 heterocycles. The van der Waals surface area contributed by atoms with E-state index in [0.717, 1.165) is 37.7 Å². The van der Waals surface area contributed by atoms with Gasteiger partial charge < -0.3 is 19.6 Å².